The van der Waals surface area contributed by atoms with E-state index in [4.69, 9.17) is 10.1 Å². The SMILES string of the molecule is CNC1CN(c2nc3cc(C4CCCCN4C(=O)c4cc(C)ccc4NS(C)(=O)=O)nn3cc2C)CC1O. The average Bonchev–Trinajstić information content (AvgIpc) is 3.45. The van der Waals surface area contributed by atoms with E-state index in [0.29, 0.717) is 30.8 Å². The molecule has 3 unspecified atom stereocenters. The molecule has 0 spiro atoms. The molecule has 2 aliphatic rings. The van der Waals surface area contributed by atoms with Crippen LogP contribution in [-0.4, -0.2) is 84.0 Å². The van der Waals surface area contributed by atoms with Crippen molar-refractivity contribution >= 4 is 33.1 Å². The van der Waals surface area contributed by atoms with Gasteiger partial charge in [-0.25, -0.2) is 17.9 Å². The maximum atomic E-state index is 13.8. The Labute approximate surface area is 222 Å². The molecule has 0 radical (unpaired) electrons. The Morgan fingerprint density at radius 1 is 1.16 bits per heavy atom. The van der Waals surface area contributed by atoms with E-state index in [1.54, 1.807) is 27.6 Å². The number of fused-ring (bicyclic) bond motifs is 1. The Bertz CT molecular complexity index is 1470. The molecule has 5 rings (SSSR count). The first-order valence-corrected chi connectivity index (χ1v) is 14.8. The Kier molecular flexibility index (Phi) is 7.05. The third-order valence-corrected chi connectivity index (χ3v) is 7.98. The summed E-state index contributed by atoms with van der Waals surface area (Å²) in [5.74, 6) is 0.587. The minimum Gasteiger partial charge on any atom is -0.390 e. The number of carbonyl (C=O) groups is 1. The molecule has 1 aromatic carbocycles. The first kappa shape index (κ1) is 26.4. The number of aryl methyl sites for hydroxylation is 2. The van der Waals surface area contributed by atoms with Crippen molar-refractivity contribution in [1.82, 2.24) is 24.8 Å². The van der Waals surface area contributed by atoms with E-state index >= 15 is 0 Å². The standard InChI is InChI=1S/C26H35N7O4S/c1-16-8-9-19(30-38(4,36)37)18(11-16)26(35)32-10-6-5-7-22(32)20-12-24-28-25(17(2)13-33(24)29-20)31-14-21(27-3)23(34)15-31/h8-9,11-13,21-23,27,30,34H,5-7,10,14-15H2,1-4H3. The van der Waals surface area contributed by atoms with Crippen LogP contribution in [0.2, 0.25) is 0 Å². The molecule has 3 atom stereocenters. The van der Waals surface area contributed by atoms with Crippen LogP contribution in [0.5, 0.6) is 0 Å². The molecule has 3 aromatic rings. The van der Waals surface area contributed by atoms with Gasteiger partial charge in [-0.15, -0.1) is 0 Å². The summed E-state index contributed by atoms with van der Waals surface area (Å²) >= 11 is 0. The summed E-state index contributed by atoms with van der Waals surface area (Å²) in [4.78, 5) is 22.6. The highest BCUT2D eigenvalue weighted by Gasteiger charge is 2.34. The molecule has 3 N–H and O–H groups in total. The van der Waals surface area contributed by atoms with Gasteiger partial charge in [-0.05, 0) is 52.3 Å². The average molecular weight is 542 g/mol. The zero-order valence-electron chi connectivity index (χ0n) is 22.2. The van der Waals surface area contributed by atoms with Gasteiger partial charge in [-0.2, -0.15) is 5.10 Å². The van der Waals surface area contributed by atoms with Crippen molar-refractivity contribution in [3.63, 3.8) is 0 Å². The predicted octanol–water partition coefficient (Wildman–Crippen LogP) is 1.85. The minimum atomic E-state index is -3.55. The molecule has 12 heteroatoms. The Morgan fingerprint density at radius 2 is 1.95 bits per heavy atom. The second-order valence-electron chi connectivity index (χ2n) is 10.4. The lowest BCUT2D eigenvalue weighted by atomic mass is 9.97. The van der Waals surface area contributed by atoms with E-state index in [-0.39, 0.29) is 23.7 Å². The number of aliphatic hydroxyl groups is 1. The van der Waals surface area contributed by atoms with Gasteiger partial charge in [0.05, 0.1) is 41.4 Å². The van der Waals surface area contributed by atoms with Gasteiger partial charge in [0.2, 0.25) is 10.0 Å². The van der Waals surface area contributed by atoms with Crippen molar-refractivity contribution in [2.24, 2.45) is 0 Å². The zero-order valence-corrected chi connectivity index (χ0v) is 23.0. The number of sulfonamides is 1. The van der Waals surface area contributed by atoms with E-state index in [1.807, 2.05) is 33.2 Å². The smallest absolute Gasteiger partial charge is 0.256 e. The van der Waals surface area contributed by atoms with Crippen LogP contribution in [0, 0.1) is 13.8 Å². The molecule has 2 aliphatic heterocycles. The van der Waals surface area contributed by atoms with E-state index in [2.05, 4.69) is 14.9 Å². The van der Waals surface area contributed by atoms with Gasteiger partial charge in [-0.1, -0.05) is 11.6 Å². The van der Waals surface area contributed by atoms with Crippen molar-refractivity contribution in [1.29, 1.82) is 0 Å². The maximum Gasteiger partial charge on any atom is 0.256 e. The highest BCUT2D eigenvalue weighted by Crippen LogP contribution is 2.34. The largest absolute Gasteiger partial charge is 0.390 e. The summed E-state index contributed by atoms with van der Waals surface area (Å²) in [6, 6.07) is 6.80. The lowest BCUT2D eigenvalue weighted by Gasteiger charge is -2.35. The van der Waals surface area contributed by atoms with Crippen molar-refractivity contribution in [3.05, 3.63) is 52.8 Å². The summed E-state index contributed by atoms with van der Waals surface area (Å²) in [7, 11) is -1.71. The third-order valence-electron chi connectivity index (χ3n) is 7.39. The van der Waals surface area contributed by atoms with Gasteiger partial charge in [0.15, 0.2) is 5.65 Å². The monoisotopic (exact) mass is 541 g/mol. The Balaban J connectivity index is 1.47. The molecule has 0 aliphatic carbocycles. The number of hydrogen-bond acceptors (Lipinski definition) is 8. The number of likely N-dealkylation sites (tertiary alicyclic amines) is 1. The van der Waals surface area contributed by atoms with Crippen molar-refractivity contribution < 1.29 is 18.3 Å². The van der Waals surface area contributed by atoms with E-state index < -0.39 is 16.1 Å². The Hall–Kier alpha value is -3.22. The van der Waals surface area contributed by atoms with Crippen LogP contribution in [0.1, 0.15) is 52.5 Å². The fraction of sp³-hybridized carbons (Fsp3) is 0.500. The highest BCUT2D eigenvalue weighted by atomic mass is 32.2. The number of amides is 1. The number of aliphatic hydroxyl groups excluding tert-OH is 1. The molecule has 2 fully saturated rings. The van der Waals surface area contributed by atoms with Gasteiger partial charge in [0.25, 0.3) is 5.91 Å². The third kappa shape index (κ3) is 5.20. The summed E-state index contributed by atoms with van der Waals surface area (Å²) in [6.45, 7) is 5.57. The van der Waals surface area contributed by atoms with Crippen LogP contribution in [0.25, 0.3) is 5.65 Å². The molecule has 1 amide bonds. The topological polar surface area (TPSA) is 132 Å². The molecule has 0 saturated carbocycles. The fourth-order valence-corrected chi connectivity index (χ4v) is 6.08. The second kappa shape index (κ2) is 10.2. The van der Waals surface area contributed by atoms with Crippen molar-refractivity contribution in [2.45, 2.75) is 51.3 Å². The number of anilines is 2. The summed E-state index contributed by atoms with van der Waals surface area (Å²) < 4.78 is 28.1. The maximum absolute atomic E-state index is 13.8. The van der Waals surface area contributed by atoms with Crippen LogP contribution in [0.4, 0.5) is 11.5 Å². The molecule has 11 nitrogen and oxygen atoms in total. The molecule has 2 saturated heterocycles. The van der Waals surface area contributed by atoms with Crippen molar-refractivity contribution in [3.8, 4) is 0 Å². The van der Waals surface area contributed by atoms with Crippen molar-refractivity contribution in [2.75, 3.05) is 42.6 Å². The van der Waals surface area contributed by atoms with E-state index in [0.717, 1.165) is 48.2 Å². The van der Waals surface area contributed by atoms with Gasteiger partial charge in [0, 0.05) is 37.5 Å². The molecule has 38 heavy (non-hydrogen) atoms. The molecular weight excluding hydrogens is 506 g/mol. The number of rotatable bonds is 6. The number of carbonyl (C=O) groups excluding carboxylic acids is 1. The molecular formula is C26H35N7O4S. The van der Waals surface area contributed by atoms with Gasteiger partial charge >= 0.3 is 0 Å². The van der Waals surface area contributed by atoms with Crippen LogP contribution in [-0.2, 0) is 10.0 Å². The minimum absolute atomic E-state index is 0.0154. The van der Waals surface area contributed by atoms with Gasteiger partial charge in [0.1, 0.15) is 5.82 Å². The first-order valence-electron chi connectivity index (χ1n) is 12.9. The second-order valence-corrected chi connectivity index (χ2v) is 12.2. The van der Waals surface area contributed by atoms with Crippen LogP contribution >= 0.6 is 0 Å². The van der Waals surface area contributed by atoms with Gasteiger partial charge < -0.3 is 20.2 Å². The summed E-state index contributed by atoms with van der Waals surface area (Å²) in [5.41, 5.74) is 3.85. The fourth-order valence-electron chi connectivity index (χ4n) is 5.51. The molecule has 204 valence electrons. The predicted molar refractivity (Wildman–Crippen MR) is 146 cm³/mol. The zero-order chi connectivity index (χ0) is 27.2. The number of β-amino-alcohol motifs (C(OH)–C–C–N with tert-alkyl or cyclic N) is 1. The number of nitrogens with zero attached hydrogens (tertiary/aromatic N) is 5. The van der Waals surface area contributed by atoms with Crippen LogP contribution < -0.4 is 14.9 Å². The van der Waals surface area contributed by atoms with E-state index in [9.17, 15) is 18.3 Å². The number of likely N-dealkylation sites (N-methyl/N-ethyl adjacent to an activating group) is 1. The highest BCUT2D eigenvalue weighted by molar-refractivity contribution is 7.92. The summed E-state index contributed by atoms with van der Waals surface area (Å²) in [5, 5.41) is 18.3. The lowest BCUT2D eigenvalue weighted by molar-refractivity contribution is 0.0606. The summed E-state index contributed by atoms with van der Waals surface area (Å²) in [6.07, 6.45) is 5.12. The van der Waals surface area contributed by atoms with Crippen LogP contribution in [0.3, 0.4) is 0 Å². The molecule has 4 heterocycles. The van der Waals surface area contributed by atoms with E-state index in [1.165, 1.54) is 0 Å². The molecule has 0 bridgehead atoms. The van der Waals surface area contributed by atoms with Gasteiger partial charge in [-0.3, -0.25) is 9.52 Å². The quantitative estimate of drug-likeness (QED) is 0.431. The number of nitrogens with one attached hydrogen (secondary N) is 2. The number of benzene rings is 1. The first-order chi connectivity index (χ1) is 18.0. The lowest BCUT2D eigenvalue weighted by Crippen LogP contribution is -2.39. The molecule has 2 aromatic heterocycles. The Morgan fingerprint density at radius 3 is 2.66 bits per heavy atom. The number of piperidine rings is 1. The number of aromatic nitrogens is 3. The normalized spacial score (nSPS) is 22.3. The van der Waals surface area contributed by atoms with Crippen LogP contribution in [0.15, 0.2) is 30.5 Å². The number of hydrogen-bond donors (Lipinski definition) is 3.